The quantitative estimate of drug-likeness (QED) is 0.877. The Labute approximate surface area is 122 Å². The maximum Gasteiger partial charge on any atom is 0.387 e. The molecule has 1 aromatic carbocycles. The summed E-state index contributed by atoms with van der Waals surface area (Å²) < 4.78 is 40.6. The number of para-hydroxylation sites is 1. The molecule has 1 aromatic rings. The second-order valence-corrected chi connectivity index (χ2v) is 5.42. The van der Waals surface area contributed by atoms with Gasteiger partial charge in [0.1, 0.15) is 0 Å². The van der Waals surface area contributed by atoms with Crippen LogP contribution in [-0.4, -0.2) is 32.0 Å². The van der Waals surface area contributed by atoms with E-state index in [1.54, 1.807) is 18.2 Å². The Hall–Kier alpha value is -1.40. The highest BCUT2D eigenvalue weighted by Crippen LogP contribution is 2.36. The van der Waals surface area contributed by atoms with Crippen LogP contribution < -0.4 is 14.8 Å². The molecule has 116 valence electrons. The highest BCUT2D eigenvalue weighted by atomic mass is 19.3. The van der Waals surface area contributed by atoms with Gasteiger partial charge in [-0.05, 0) is 25.3 Å². The fraction of sp³-hybridized carbons (Fsp3) is 0.600. The van der Waals surface area contributed by atoms with E-state index in [1.165, 1.54) is 7.11 Å². The van der Waals surface area contributed by atoms with Crippen LogP contribution in [0.25, 0.3) is 0 Å². The average molecular weight is 299 g/mol. The van der Waals surface area contributed by atoms with Crippen LogP contribution in [0.15, 0.2) is 18.2 Å². The first kappa shape index (κ1) is 14.5. The molecule has 2 fully saturated rings. The minimum atomic E-state index is -2.87. The normalized spacial score (nSPS) is 27.3. The standard InChI is InChI=1S/C15H19F2NO3/c1-19-13-4-2-3-9(14(13)21-15(16)17)8-18-11-7-10-5-6-12(11)20-10/h2-4,10-12,15,18H,5-8H2,1H3. The molecule has 2 aliphatic rings. The number of ether oxygens (including phenoxy) is 3. The molecule has 2 aliphatic heterocycles. The summed E-state index contributed by atoms with van der Waals surface area (Å²) >= 11 is 0. The molecular weight excluding hydrogens is 280 g/mol. The first-order valence-electron chi connectivity index (χ1n) is 7.17. The van der Waals surface area contributed by atoms with Crippen LogP contribution in [0.2, 0.25) is 0 Å². The van der Waals surface area contributed by atoms with Gasteiger partial charge in [0, 0.05) is 18.2 Å². The molecular formula is C15H19F2NO3. The number of alkyl halides is 2. The number of rotatable bonds is 6. The van der Waals surface area contributed by atoms with Crippen molar-refractivity contribution in [3.8, 4) is 11.5 Å². The van der Waals surface area contributed by atoms with Gasteiger partial charge in [0.15, 0.2) is 11.5 Å². The molecule has 3 unspecified atom stereocenters. The van der Waals surface area contributed by atoms with Gasteiger partial charge in [-0.2, -0.15) is 8.78 Å². The molecule has 0 spiro atoms. The summed E-state index contributed by atoms with van der Waals surface area (Å²) in [5.74, 6) is 0.422. The van der Waals surface area contributed by atoms with E-state index in [-0.39, 0.29) is 17.9 Å². The van der Waals surface area contributed by atoms with Crippen molar-refractivity contribution in [3.63, 3.8) is 0 Å². The smallest absolute Gasteiger partial charge is 0.387 e. The summed E-state index contributed by atoms with van der Waals surface area (Å²) in [4.78, 5) is 0. The predicted molar refractivity (Wildman–Crippen MR) is 72.8 cm³/mol. The Morgan fingerprint density at radius 3 is 2.86 bits per heavy atom. The van der Waals surface area contributed by atoms with Gasteiger partial charge in [-0.25, -0.2) is 0 Å². The Morgan fingerprint density at radius 1 is 1.38 bits per heavy atom. The number of nitrogens with one attached hydrogen (secondary N) is 1. The summed E-state index contributed by atoms with van der Waals surface area (Å²) in [6.07, 6.45) is 3.79. The van der Waals surface area contributed by atoms with Gasteiger partial charge >= 0.3 is 6.61 Å². The number of hydrogen-bond donors (Lipinski definition) is 1. The Kier molecular flexibility index (Phi) is 4.26. The molecule has 2 saturated heterocycles. The highest BCUT2D eigenvalue weighted by molar-refractivity contribution is 5.46. The third-order valence-corrected chi connectivity index (χ3v) is 4.15. The van der Waals surface area contributed by atoms with Gasteiger partial charge in [0.25, 0.3) is 0 Å². The Bertz CT molecular complexity index is 498. The zero-order valence-corrected chi connectivity index (χ0v) is 11.9. The summed E-state index contributed by atoms with van der Waals surface area (Å²) in [5.41, 5.74) is 0.664. The maximum atomic E-state index is 12.6. The average Bonchev–Trinajstić information content (AvgIpc) is 3.08. The van der Waals surface area contributed by atoms with Crippen molar-refractivity contribution in [1.82, 2.24) is 5.32 Å². The van der Waals surface area contributed by atoms with Crippen LogP contribution in [0, 0.1) is 0 Å². The largest absolute Gasteiger partial charge is 0.493 e. The summed E-state index contributed by atoms with van der Waals surface area (Å²) in [7, 11) is 1.44. The monoisotopic (exact) mass is 299 g/mol. The zero-order valence-electron chi connectivity index (χ0n) is 11.9. The van der Waals surface area contributed by atoms with Crippen molar-refractivity contribution in [1.29, 1.82) is 0 Å². The van der Waals surface area contributed by atoms with Gasteiger partial charge in [-0.3, -0.25) is 0 Å². The fourth-order valence-electron chi connectivity index (χ4n) is 3.18. The molecule has 1 N–H and O–H groups in total. The van der Waals surface area contributed by atoms with E-state index in [9.17, 15) is 8.78 Å². The summed E-state index contributed by atoms with van der Waals surface area (Å²) in [6, 6.07) is 5.43. The number of halogens is 2. The first-order chi connectivity index (χ1) is 10.2. The summed E-state index contributed by atoms with van der Waals surface area (Å²) in [6.45, 7) is -2.41. The molecule has 3 rings (SSSR count). The third-order valence-electron chi connectivity index (χ3n) is 4.15. The number of benzene rings is 1. The van der Waals surface area contributed by atoms with Gasteiger partial charge in [-0.1, -0.05) is 12.1 Å². The lowest BCUT2D eigenvalue weighted by atomic mass is 9.95. The van der Waals surface area contributed by atoms with Crippen molar-refractivity contribution in [2.24, 2.45) is 0 Å². The van der Waals surface area contributed by atoms with Gasteiger partial charge in [-0.15, -0.1) is 0 Å². The van der Waals surface area contributed by atoms with E-state index < -0.39 is 6.61 Å². The number of hydrogen-bond acceptors (Lipinski definition) is 4. The van der Waals surface area contributed by atoms with Crippen LogP contribution in [0.4, 0.5) is 8.78 Å². The maximum absolute atomic E-state index is 12.6. The van der Waals surface area contributed by atoms with E-state index in [1.807, 2.05) is 0 Å². The lowest BCUT2D eigenvalue weighted by molar-refractivity contribution is -0.0519. The lowest BCUT2D eigenvalue weighted by Gasteiger charge is -2.21. The van der Waals surface area contributed by atoms with Crippen molar-refractivity contribution in [2.45, 2.75) is 50.7 Å². The van der Waals surface area contributed by atoms with Crippen LogP contribution in [-0.2, 0) is 11.3 Å². The number of fused-ring (bicyclic) bond motifs is 2. The van der Waals surface area contributed by atoms with Gasteiger partial charge in [0.05, 0.1) is 19.3 Å². The molecule has 21 heavy (non-hydrogen) atoms. The second kappa shape index (κ2) is 6.15. The minimum Gasteiger partial charge on any atom is -0.493 e. The second-order valence-electron chi connectivity index (χ2n) is 5.42. The molecule has 2 heterocycles. The SMILES string of the molecule is COc1cccc(CNC2CC3CCC2O3)c1OC(F)F. The van der Waals surface area contributed by atoms with E-state index in [0.29, 0.717) is 24.0 Å². The molecule has 0 radical (unpaired) electrons. The fourth-order valence-corrected chi connectivity index (χ4v) is 3.18. The van der Waals surface area contributed by atoms with Gasteiger partial charge in [0.2, 0.25) is 0 Å². The molecule has 0 aromatic heterocycles. The van der Waals surface area contributed by atoms with Crippen LogP contribution in [0.5, 0.6) is 11.5 Å². The highest BCUT2D eigenvalue weighted by Gasteiger charge is 2.40. The molecule has 0 aliphatic carbocycles. The number of methoxy groups -OCH3 is 1. The van der Waals surface area contributed by atoms with Crippen LogP contribution in [0.3, 0.4) is 0 Å². The van der Waals surface area contributed by atoms with Crippen molar-refractivity contribution < 1.29 is 23.0 Å². The van der Waals surface area contributed by atoms with E-state index in [2.05, 4.69) is 10.1 Å². The topological polar surface area (TPSA) is 39.7 Å². The van der Waals surface area contributed by atoms with Crippen molar-refractivity contribution in [3.05, 3.63) is 23.8 Å². The third kappa shape index (κ3) is 3.11. The van der Waals surface area contributed by atoms with Crippen LogP contribution in [0.1, 0.15) is 24.8 Å². The molecule has 2 bridgehead atoms. The Balaban J connectivity index is 1.69. The molecule has 0 amide bonds. The first-order valence-corrected chi connectivity index (χ1v) is 7.17. The minimum absolute atomic E-state index is 0.103. The van der Waals surface area contributed by atoms with E-state index in [4.69, 9.17) is 9.47 Å². The van der Waals surface area contributed by atoms with Crippen molar-refractivity contribution >= 4 is 0 Å². The van der Waals surface area contributed by atoms with E-state index in [0.717, 1.165) is 19.3 Å². The van der Waals surface area contributed by atoms with E-state index >= 15 is 0 Å². The zero-order chi connectivity index (χ0) is 14.8. The molecule has 6 heteroatoms. The van der Waals surface area contributed by atoms with Gasteiger partial charge < -0.3 is 19.5 Å². The molecule has 3 atom stereocenters. The Morgan fingerprint density at radius 2 is 2.24 bits per heavy atom. The molecule has 0 saturated carbocycles. The van der Waals surface area contributed by atoms with Crippen molar-refractivity contribution in [2.75, 3.05) is 7.11 Å². The molecule has 4 nitrogen and oxygen atoms in total. The predicted octanol–water partition coefficient (Wildman–Crippen LogP) is 2.71. The summed E-state index contributed by atoms with van der Waals surface area (Å²) in [5, 5.41) is 3.39. The van der Waals surface area contributed by atoms with Crippen LogP contribution >= 0.6 is 0 Å². The lowest BCUT2D eigenvalue weighted by Crippen LogP contribution is -2.37.